The first-order valence-corrected chi connectivity index (χ1v) is 5.58. The minimum absolute atomic E-state index is 0.00880. The molecule has 0 aliphatic rings. The van der Waals surface area contributed by atoms with Gasteiger partial charge in [0.2, 0.25) is 0 Å². The number of nitrogens with one attached hydrogen (secondary N) is 1. The third kappa shape index (κ3) is 2.62. The van der Waals surface area contributed by atoms with E-state index in [9.17, 15) is 14.7 Å². The van der Waals surface area contributed by atoms with Gasteiger partial charge >= 0.3 is 5.97 Å². The minimum Gasteiger partial charge on any atom is -0.481 e. The average Bonchev–Trinajstić information content (AvgIpc) is 2.43. The van der Waals surface area contributed by atoms with Gasteiger partial charge in [-0.1, -0.05) is 18.2 Å². The van der Waals surface area contributed by atoms with Gasteiger partial charge in [0.05, 0.1) is 11.7 Å². The Morgan fingerprint density at radius 2 is 2.11 bits per heavy atom. The molecule has 0 saturated carbocycles. The van der Waals surface area contributed by atoms with Gasteiger partial charge in [-0.25, -0.2) is 4.79 Å². The molecule has 6 heteroatoms. The largest absolute Gasteiger partial charge is 0.481 e. The lowest BCUT2D eigenvalue weighted by Gasteiger charge is -2.10. The maximum atomic E-state index is 11.3. The zero-order chi connectivity index (χ0) is 13.8. The number of carbonyl (C=O) groups excluding carboxylic acids is 1. The van der Waals surface area contributed by atoms with Gasteiger partial charge in [0.1, 0.15) is 5.56 Å². The lowest BCUT2D eigenvalue weighted by atomic mass is 10.1. The first-order chi connectivity index (χ1) is 9.13. The highest BCUT2D eigenvalue weighted by molar-refractivity contribution is 6.04. The van der Waals surface area contributed by atoms with Gasteiger partial charge < -0.3 is 15.2 Å². The summed E-state index contributed by atoms with van der Waals surface area (Å²) in [6.45, 7) is -0.253. The van der Waals surface area contributed by atoms with Crippen LogP contribution in [0.3, 0.4) is 0 Å². The Hall–Kier alpha value is -2.63. The van der Waals surface area contributed by atoms with Crippen LogP contribution in [-0.4, -0.2) is 35.6 Å². The van der Waals surface area contributed by atoms with Crippen LogP contribution in [-0.2, 0) is 4.79 Å². The van der Waals surface area contributed by atoms with Crippen molar-refractivity contribution in [1.29, 1.82) is 0 Å². The Morgan fingerprint density at radius 1 is 1.37 bits per heavy atom. The van der Waals surface area contributed by atoms with Crippen LogP contribution in [0.5, 0.6) is 5.75 Å². The molecule has 2 N–H and O–H groups in total. The van der Waals surface area contributed by atoms with Crippen molar-refractivity contribution >= 4 is 22.8 Å². The van der Waals surface area contributed by atoms with Crippen molar-refractivity contribution in [2.75, 3.05) is 13.7 Å². The lowest BCUT2D eigenvalue weighted by Crippen LogP contribution is -2.25. The molecule has 0 saturated heterocycles. The molecule has 1 heterocycles. The summed E-state index contributed by atoms with van der Waals surface area (Å²) in [6.07, 6.45) is 1.31. The van der Waals surface area contributed by atoms with Gasteiger partial charge in [0.25, 0.3) is 5.91 Å². The number of aromatic nitrogens is 1. The number of aromatic carboxylic acids is 1. The number of amides is 1. The molecule has 1 aromatic carbocycles. The van der Waals surface area contributed by atoms with E-state index in [1.807, 2.05) is 0 Å². The molecule has 19 heavy (non-hydrogen) atoms. The average molecular weight is 260 g/mol. The number of carboxylic acid groups (broad SMARTS) is 1. The van der Waals surface area contributed by atoms with E-state index in [4.69, 9.17) is 4.74 Å². The van der Waals surface area contributed by atoms with Crippen LogP contribution in [0.1, 0.15) is 10.4 Å². The molecule has 6 nitrogen and oxygen atoms in total. The molecule has 1 aromatic heterocycles. The highest BCUT2D eigenvalue weighted by Crippen LogP contribution is 2.26. The zero-order valence-corrected chi connectivity index (χ0v) is 10.2. The molecular formula is C13H12N2O4. The van der Waals surface area contributed by atoms with E-state index in [2.05, 4.69) is 10.3 Å². The van der Waals surface area contributed by atoms with Crippen LogP contribution in [0.15, 0.2) is 30.5 Å². The van der Waals surface area contributed by atoms with Gasteiger partial charge in [-0.3, -0.25) is 9.78 Å². The third-order valence-electron chi connectivity index (χ3n) is 2.59. The molecule has 0 aliphatic heterocycles. The molecule has 2 rings (SSSR count). The predicted molar refractivity (Wildman–Crippen MR) is 68.3 cm³/mol. The van der Waals surface area contributed by atoms with Crippen LogP contribution in [0.2, 0.25) is 0 Å². The van der Waals surface area contributed by atoms with Crippen molar-refractivity contribution in [3.63, 3.8) is 0 Å². The normalized spacial score (nSPS) is 10.2. The fourth-order valence-electron chi connectivity index (χ4n) is 1.67. The molecule has 0 unspecified atom stereocenters. The van der Waals surface area contributed by atoms with Crippen LogP contribution in [0, 0.1) is 0 Å². The second-order valence-corrected chi connectivity index (χ2v) is 3.78. The predicted octanol–water partition coefficient (Wildman–Crippen LogP) is 1.06. The number of hydrogen-bond donors (Lipinski definition) is 2. The zero-order valence-electron chi connectivity index (χ0n) is 10.2. The summed E-state index contributed by atoms with van der Waals surface area (Å²) in [5.41, 5.74) is 0.571. The van der Waals surface area contributed by atoms with Crippen molar-refractivity contribution in [2.24, 2.45) is 0 Å². The summed E-state index contributed by atoms with van der Waals surface area (Å²) in [7, 11) is 1.47. The maximum Gasteiger partial charge on any atom is 0.340 e. The summed E-state index contributed by atoms with van der Waals surface area (Å²) in [4.78, 5) is 26.6. The molecule has 0 fully saturated rings. The molecule has 0 radical (unpaired) electrons. The van der Waals surface area contributed by atoms with Gasteiger partial charge in [-0.05, 0) is 6.07 Å². The maximum absolute atomic E-state index is 11.3. The lowest BCUT2D eigenvalue weighted by molar-refractivity contribution is -0.122. The smallest absolute Gasteiger partial charge is 0.340 e. The molecular weight excluding hydrogens is 248 g/mol. The Bertz CT molecular complexity index is 640. The number of carbonyl (C=O) groups is 2. The van der Waals surface area contributed by atoms with Crippen molar-refractivity contribution in [2.45, 2.75) is 0 Å². The molecule has 0 spiro atoms. The molecule has 1 amide bonds. The van der Waals surface area contributed by atoms with E-state index in [0.717, 1.165) is 0 Å². The van der Waals surface area contributed by atoms with E-state index in [1.165, 1.54) is 13.2 Å². The summed E-state index contributed by atoms with van der Waals surface area (Å²) in [5, 5.41) is 12.1. The van der Waals surface area contributed by atoms with Gasteiger partial charge in [0, 0.05) is 12.4 Å². The molecule has 0 aliphatic carbocycles. The number of para-hydroxylation sites is 1. The van der Waals surface area contributed by atoms with Crippen molar-refractivity contribution < 1.29 is 19.4 Å². The van der Waals surface area contributed by atoms with Gasteiger partial charge in [-0.15, -0.1) is 0 Å². The Morgan fingerprint density at radius 3 is 2.79 bits per heavy atom. The summed E-state index contributed by atoms with van der Waals surface area (Å²) < 4.78 is 5.20. The molecule has 0 bridgehead atoms. The van der Waals surface area contributed by atoms with Crippen molar-refractivity contribution in [3.8, 4) is 5.75 Å². The van der Waals surface area contributed by atoms with Crippen LogP contribution in [0.4, 0.5) is 0 Å². The number of pyridine rings is 1. The first-order valence-electron chi connectivity index (χ1n) is 5.58. The fraction of sp³-hybridized carbons (Fsp3) is 0.154. The summed E-state index contributed by atoms with van der Waals surface area (Å²) in [5.74, 6) is -1.38. The SMILES string of the molecule is CNC(=O)COc1cnc2ccccc2c1C(=O)O. The van der Waals surface area contributed by atoms with Crippen molar-refractivity contribution in [1.82, 2.24) is 10.3 Å². The summed E-state index contributed by atoms with van der Waals surface area (Å²) >= 11 is 0. The Labute approximate surface area is 109 Å². The number of hydrogen-bond acceptors (Lipinski definition) is 4. The third-order valence-corrected chi connectivity index (χ3v) is 2.59. The van der Waals surface area contributed by atoms with Crippen LogP contribution in [0.25, 0.3) is 10.9 Å². The number of likely N-dealkylation sites (N-methyl/N-ethyl adjacent to an activating group) is 1. The number of benzene rings is 1. The second kappa shape index (κ2) is 5.34. The number of carboxylic acids is 1. The Balaban J connectivity index is 2.46. The van der Waals surface area contributed by atoms with Gasteiger partial charge in [0.15, 0.2) is 12.4 Å². The monoisotopic (exact) mass is 260 g/mol. The van der Waals surface area contributed by atoms with E-state index in [-0.39, 0.29) is 23.8 Å². The van der Waals surface area contributed by atoms with E-state index >= 15 is 0 Å². The molecule has 2 aromatic rings. The number of ether oxygens (including phenoxy) is 1. The standard InChI is InChI=1S/C13H12N2O4/c1-14-11(16)7-19-10-6-15-9-5-3-2-4-8(9)12(10)13(17)18/h2-6H,7H2,1H3,(H,14,16)(H,17,18). The molecule has 98 valence electrons. The molecule has 0 atom stereocenters. The quantitative estimate of drug-likeness (QED) is 0.858. The van der Waals surface area contributed by atoms with Crippen LogP contribution < -0.4 is 10.1 Å². The Kier molecular flexibility index (Phi) is 3.61. The van der Waals surface area contributed by atoms with Gasteiger partial charge in [-0.2, -0.15) is 0 Å². The van der Waals surface area contributed by atoms with E-state index in [0.29, 0.717) is 10.9 Å². The fourth-order valence-corrected chi connectivity index (χ4v) is 1.67. The highest BCUT2D eigenvalue weighted by Gasteiger charge is 2.17. The van der Waals surface area contributed by atoms with Crippen LogP contribution >= 0.6 is 0 Å². The number of fused-ring (bicyclic) bond motifs is 1. The second-order valence-electron chi connectivity index (χ2n) is 3.78. The topological polar surface area (TPSA) is 88.5 Å². The van der Waals surface area contributed by atoms with E-state index < -0.39 is 5.97 Å². The summed E-state index contributed by atoms with van der Waals surface area (Å²) in [6, 6.07) is 6.86. The minimum atomic E-state index is -1.12. The number of rotatable bonds is 4. The number of nitrogens with zero attached hydrogens (tertiary/aromatic N) is 1. The van der Waals surface area contributed by atoms with Crippen molar-refractivity contribution in [3.05, 3.63) is 36.0 Å². The highest BCUT2D eigenvalue weighted by atomic mass is 16.5. The van der Waals surface area contributed by atoms with E-state index in [1.54, 1.807) is 24.3 Å². The first kappa shape index (κ1) is 12.8.